The van der Waals surface area contributed by atoms with Gasteiger partial charge in [0.1, 0.15) is 5.82 Å². The number of fused-ring (bicyclic) bond motifs is 1. The van der Waals surface area contributed by atoms with Crippen molar-refractivity contribution in [2.75, 3.05) is 24.3 Å². The van der Waals surface area contributed by atoms with Crippen LogP contribution in [0.4, 0.5) is 11.6 Å². The van der Waals surface area contributed by atoms with Crippen LogP contribution in [0.15, 0.2) is 18.6 Å². The summed E-state index contributed by atoms with van der Waals surface area (Å²) >= 11 is 0. The monoisotopic (exact) mass is 235 g/mol. The number of aromatic nitrogens is 3. The van der Waals surface area contributed by atoms with Crippen LogP contribution in [0.1, 0.15) is 13.3 Å². The molecule has 6 heteroatoms. The molecule has 2 rings (SSSR count). The van der Waals surface area contributed by atoms with Crippen molar-refractivity contribution in [2.45, 2.75) is 19.4 Å². The molecule has 2 aromatic heterocycles. The van der Waals surface area contributed by atoms with E-state index in [9.17, 15) is 0 Å². The Morgan fingerprint density at radius 2 is 2.35 bits per heavy atom. The summed E-state index contributed by atoms with van der Waals surface area (Å²) in [7, 11) is 1.83. The topological polar surface area (TPSA) is 74.5 Å². The second-order valence-corrected chi connectivity index (χ2v) is 3.94. The maximum atomic E-state index is 8.90. The van der Waals surface area contributed by atoms with Gasteiger partial charge in [0.15, 0.2) is 11.5 Å². The molecule has 1 unspecified atom stereocenters. The lowest BCUT2D eigenvalue weighted by Gasteiger charge is -2.14. The fourth-order valence-corrected chi connectivity index (χ4v) is 1.65. The molecular formula is C11H17N5O. The zero-order chi connectivity index (χ0) is 12.3. The first-order chi connectivity index (χ1) is 8.24. The van der Waals surface area contributed by atoms with Gasteiger partial charge in [-0.3, -0.25) is 0 Å². The second kappa shape index (κ2) is 5.01. The van der Waals surface area contributed by atoms with Crippen LogP contribution in [0.5, 0.6) is 0 Å². The highest BCUT2D eigenvalue weighted by Gasteiger charge is 2.09. The van der Waals surface area contributed by atoms with Gasteiger partial charge in [-0.15, -0.1) is 0 Å². The third-order valence-electron chi connectivity index (χ3n) is 2.58. The average Bonchev–Trinajstić information content (AvgIpc) is 2.77. The van der Waals surface area contributed by atoms with Crippen molar-refractivity contribution in [1.29, 1.82) is 0 Å². The highest BCUT2D eigenvalue weighted by atomic mass is 16.3. The van der Waals surface area contributed by atoms with Crippen LogP contribution in [0.25, 0.3) is 5.65 Å². The first-order valence-corrected chi connectivity index (χ1v) is 5.63. The first kappa shape index (κ1) is 11.7. The summed E-state index contributed by atoms with van der Waals surface area (Å²) in [6.45, 7) is 2.16. The highest BCUT2D eigenvalue weighted by Crippen LogP contribution is 2.17. The van der Waals surface area contributed by atoms with Crippen LogP contribution in [0.3, 0.4) is 0 Å². The van der Waals surface area contributed by atoms with E-state index in [0.29, 0.717) is 6.42 Å². The van der Waals surface area contributed by atoms with Crippen LogP contribution < -0.4 is 10.6 Å². The van der Waals surface area contributed by atoms with Crippen LogP contribution in [-0.4, -0.2) is 39.2 Å². The summed E-state index contributed by atoms with van der Waals surface area (Å²) in [4.78, 5) is 8.68. The fraction of sp³-hybridized carbons (Fsp3) is 0.455. The van der Waals surface area contributed by atoms with Crippen LogP contribution in [0, 0.1) is 0 Å². The number of aliphatic hydroxyl groups is 1. The Morgan fingerprint density at radius 1 is 1.53 bits per heavy atom. The Bertz CT molecular complexity index is 496. The summed E-state index contributed by atoms with van der Waals surface area (Å²) in [5, 5.41) is 15.2. The zero-order valence-electron chi connectivity index (χ0n) is 10.0. The predicted molar refractivity (Wildman–Crippen MR) is 67.3 cm³/mol. The molecule has 0 bridgehead atoms. The number of rotatable bonds is 5. The SMILES string of the molecule is CNc1cn2ccnc2c(NC(C)CCO)n1. The average molecular weight is 235 g/mol. The number of aliphatic hydroxyl groups excluding tert-OH is 1. The van der Waals surface area contributed by atoms with Crippen molar-refractivity contribution in [3.63, 3.8) is 0 Å². The standard InChI is InChI=1S/C11H17N5O/c1-8(3-6-17)14-10-11-13-4-5-16(11)7-9(12-2)15-10/h4-5,7-8,12,17H,3,6H2,1-2H3,(H,14,15). The van der Waals surface area contributed by atoms with Gasteiger partial charge >= 0.3 is 0 Å². The van der Waals surface area contributed by atoms with Gasteiger partial charge in [0.2, 0.25) is 0 Å². The minimum absolute atomic E-state index is 0.153. The van der Waals surface area contributed by atoms with E-state index < -0.39 is 0 Å². The van der Waals surface area contributed by atoms with Crippen molar-refractivity contribution in [3.05, 3.63) is 18.6 Å². The molecule has 0 fully saturated rings. The molecule has 0 saturated heterocycles. The number of imidazole rings is 1. The zero-order valence-corrected chi connectivity index (χ0v) is 10.0. The molecular weight excluding hydrogens is 218 g/mol. The van der Waals surface area contributed by atoms with Gasteiger partial charge in [0.05, 0.1) is 6.20 Å². The fourth-order valence-electron chi connectivity index (χ4n) is 1.65. The van der Waals surface area contributed by atoms with Gasteiger partial charge in [-0.2, -0.15) is 0 Å². The van der Waals surface area contributed by atoms with Gasteiger partial charge in [-0.1, -0.05) is 0 Å². The molecule has 17 heavy (non-hydrogen) atoms. The Balaban J connectivity index is 2.33. The molecule has 0 spiro atoms. The second-order valence-electron chi connectivity index (χ2n) is 3.94. The molecule has 92 valence electrons. The lowest BCUT2D eigenvalue weighted by molar-refractivity contribution is 0.282. The van der Waals surface area contributed by atoms with E-state index in [4.69, 9.17) is 5.11 Å². The lowest BCUT2D eigenvalue weighted by Crippen LogP contribution is -2.18. The molecule has 0 aliphatic carbocycles. The Kier molecular flexibility index (Phi) is 3.43. The van der Waals surface area contributed by atoms with E-state index in [1.807, 2.05) is 30.8 Å². The number of anilines is 2. The molecule has 0 aliphatic rings. The van der Waals surface area contributed by atoms with Gasteiger partial charge in [-0.05, 0) is 13.3 Å². The maximum Gasteiger partial charge on any atom is 0.180 e. The molecule has 3 N–H and O–H groups in total. The Hall–Kier alpha value is -1.82. The smallest absolute Gasteiger partial charge is 0.180 e. The molecule has 1 atom stereocenters. The van der Waals surface area contributed by atoms with E-state index in [2.05, 4.69) is 20.6 Å². The lowest BCUT2D eigenvalue weighted by atomic mass is 10.2. The minimum Gasteiger partial charge on any atom is -0.396 e. The van der Waals surface area contributed by atoms with E-state index in [0.717, 1.165) is 17.3 Å². The van der Waals surface area contributed by atoms with Crippen molar-refractivity contribution in [3.8, 4) is 0 Å². The summed E-state index contributed by atoms with van der Waals surface area (Å²) in [6.07, 6.45) is 6.17. The van der Waals surface area contributed by atoms with Gasteiger partial charge in [0, 0.05) is 32.1 Å². The van der Waals surface area contributed by atoms with Crippen molar-refractivity contribution >= 4 is 17.3 Å². The minimum atomic E-state index is 0.153. The highest BCUT2D eigenvalue weighted by molar-refractivity contribution is 5.65. The Labute approximate surface area is 99.7 Å². The first-order valence-electron chi connectivity index (χ1n) is 5.63. The van der Waals surface area contributed by atoms with E-state index >= 15 is 0 Å². The van der Waals surface area contributed by atoms with E-state index in [1.165, 1.54) is 0 Å². The number of hydrogen-bond acceptors (Lipinski definition) is 5. The molecule has 2 aromatic rings. The third-order valence-corrected chi connectivity index (χ3v) is 2.58. The molecule has 0 radical (unpaired) electrons. The van der Waals surface area contributed by atoms with Gasteiger partial charge in [0.25, 0.3) is 0 Å². The third kappa shape index (κ3) is 2.47. The van der Waals surface area contributed by atoms with Crippen LogP contribution >= 0.6 is 0 Å². The van der Waals surface area contributed by atoms with Gasteiger partial charge < -0.3 is 20.1 Å². The quantitative estimate of drug-likeness (QED) is 0.719. The summed E-state index contributed by atoms with van der Waals surface area (Å²) < 4.78 is 1.91. The molecule has 0 saturated carbocycles. The molecule has 2 heterocycles. The molecule has 0 aromatic carbocycles. The van der Waals surface area contributed by atoms with Crippen LogP contribution in [0.2, 0.25) is 0 Å². The molecule has 0 aliphatic heterocycles. The summed E-state index contributed by atoms with van der Waals surface area (Å²) in [6, 6.07) is 0.153. The maximum absolute atomic E-state index is 8.90. The van der Waals surface area contributed by atoms with Crippen molar-refractivity contribution in [2.24, 2.45) is 0 Å². The number of hydrogen-bond donors (Lipinski definition) is 3. The molecule has 6 nitrogen and oxygen atoms in total. The Morgan fingerprint density at radius 3 is 3.06 bits per heavy atom. The van der Waals surface area contributed by atoms with Crippen molar-refractivity contribution < 1.29 is 5.11 Å². The van der Waals surface area contributed by atoms with E-state index in [-0.39, 0.29) is 12.6 Å². The molecule has 0 amide bonds. The number of nitrogens with one attached hydrogen (secondary N) is 2. The predicted octanol–water partition coefficient (Wildman–Crippen LogP) is 0.954. The van der Waals surface area contributed by atoms with Crippen molar-refractivity contribution in [1.82, 2.24) is 14.4 Å². The largest absolute Gasteiger partial charge is 0.396 e. The summed E-state index contributed by atoms with van der Waals surface area (Å²) in [5.74, 6) is 1.50. The van der Waals surface area contributed by atoms with Gasteiger partial charge in [-0.25, -0.2) is 9.97 Å². The van der Waals surface area contributed by atoms with Crippen LogP contribution in [-0.2, 0) is 0 Å². The normalized spacial score (nSPS) is 12.6. The summed E-state index contributed by atoms with van der Waals surface area (Å²) in [5.41, 5.74) is 0.786. The van der Waals surface area contributed by atoms with E-state index in [1.54, 1.807) is 6.20 Å². The number of nitrogens with zero attached hydrogens (tertiary/aromatic N) is 3.